The first-order valence-electron chi connectivity index (χ1n) is 6.34. The predicted octanol–water partition coefficient (Wildman–Crippen LogP) is 5.09. The normalized spacial score (nSPS) is 13.9. The Morgan fingerprint density at radius 2 is 1.36 bits per heavy atom. The summed E-state index contributed by atoms with van der Waals surface area (Å²) in [5.74, 6) is 2.62. The topological polar surface area (TPSA) is 0 Å². The molecule has 85 valence electrons. The third-order valence-corrected chi connectivity index (χ3v) is 2.75. The molecular formula is C14H29. The molecule has 0 aromatic carbocycles. The Hall–Kier alpha value is 0. The van der Waals surface area contributed by atoms with Crippen LogP contribution in [0.25, 0.3) is 0 Å². The van der Waals surface area contributed by atoms with Crippen molar-refractivity contribution in [2.75, 3.05) is 0 Å². The summed E-state index contributed by atoms with van der Waals surface area (Å²) in [5.41, 5.74) is 0. The molecule has 0 saturated heterocycles. The third-order valence-electron chi connectivity index (χ3n) is 2.75. The highest BCUT2D eigenvalue weighted by Crippen LogP contribution is 2.18. The monoisotopic (exact) mass is 197 g/mol. The fraction of sp³-hybridized carbons (Fsp3) is 0.929. The Morgan fingerprint density at radius 3 is 1.86 bits per heavy atom. The van der Waals surface area contributed by atoms with Crippen molar-refractivity contribution in [3.05, 3.63) is 6.42 Å². The molecule has 0 amide bonds. The summed E-state index contributed by atoms with van der Waals surface area (Å²) in [6.45, 7) is 11.6. The number of hydrogen-bond donors (Lipinski definition) is 0. The molecule has 1 unspecified atom stereocenters. The van der Waals surface area contributed by atoms with Gasteiger partial charge in [0.1, 0.15) is 0 Å². The van der Waals surface area contributed by atoms with Crippen LogP contribution >= 0.6 is 0 Å². The minimum absolute atomic E-state index is 0.859. The van der Waals surface area contributed by atoms with E-state index in [1.165, 1.54) is 32.1 Å². The van der Waals surface area contributed by atoms with E-state index in [0.717, 1.165) is 17.8 Å². The maximum absolute atomic E-state index is 2.49. The minimum atomic E-state index is 0.859. The quantitative estimate of drug-likeness (QED) is 0.475. The first-order valence-corrected chi connectivity index (χ1v) is 6.34. The van der Waals surface area contributed by atoms with E-state index in [4.69, 9.17) is 0 Å². The largest absolute Gasteiger partial charge is 0.0628 e. The van der Waals surface area contributed by atoms with Crippen molar-refractivity contribution in [1.82, 2.24) is 0 Å². The Bertz CT molecular complexity index is 113. The molecule has 14 heavy (non-hydrogen) atoms. The summed E-state index contributed by atoms with van der Waals surface area (Å²) in [6.07, 6.45) is 9.26. The zero-order valence-corrected chi connectivity index (χ0v) is 10.8. The second kappa shape index (κ2) is 8.32. The van der Waals surface area contributed by atoms with Crippen molar-refractivity contribution < 1.29 is 0 Å². The molecule has 0 aliphatic heterocycles. The van der Waals surface area contributed by atoms with Gasteiger partial charge in [-0.25, -0.2) is 0 Å². The van der Waals surface area contributed by atoms with E-state index < -0.39 is 0 Å². The summed E-state index contributed by atoms with van der Waals surface area (Å²) in [6, 6.07) is 0. The SMILES string of the molecule is CC(C)CC[CH]CC(C)CCC(C)C. The third kappa shape index (κ3) is 10.1. The summed E-state index contributed by atoms with van der Waals surface area (Å²) < 4.78 is 0. The summed E-state index contributed by atoms with van der Waals surface area (Å²) in [5, 5.41) is 0. The highest BCUT2D eigenvalue weighted by Gasteiger charge is 2.04. The molecule has 0 spiro atoms. The predicted molar refractivity (Wildman–Crippen MR) is 66.2 cm³/mol. The Kier molecular flexibility index (Phi) is 8.32. The molecule has 0 heterocycles. The van der Waals surface area contributed by atoms with E-state index in [1.54, 1.807) is 0 Å². The van der Waals surface area contributed by atoms with Gasteiger partial charge in [-0.2, -0.15) is 0 Å². The molecule has 0 bridgehead atoms. The van der Waals surface area contributed by atoms with Gasteiger partial charge in [0, 0.05) is 0 Å². The van der Waals surface area contributed by atoms with Gasteiger partial charge in [0.05, 0.1) is 0 Å². The lowest BCUT2D eigenvalue weighted by atomic mass is 9.94. The molecule has 1 atom stereocenters. The summed E-state index contributed by atoms with van der Waals surface area (Å²) >= 11 is 0. The van der Waals surface area contributed by atoms with Crippen LogP contribution in [0.5, 0.6) is 0 Å². The number of hydrogen-bond acceptors (Lipinski definition) is 0. The van der Waals surface area contributed by atoms with Gasteiger partial charge in [0.15, 0.2) is 0 Å². The molecule has 0 aromatic heterocycles. The fourth-order valence-electron chi connectivity index (χ4n) is 1.59. The van der Waals surface area contributed by atoms with Crippen LogP contribution in [-0.2, 0) is 0 Å². The van der Waals surface area contributed by atoms with E-state index in [2.05, 4.69) is 41.0 Å². The average Bonchev–Trinajstić information content (AvgIpc) is 2.08. The molecule has 0 aliphatic carbocycles. The van der Waals surface area contributed by atoms with Crippen molar-refractivity contribution in [2.24, 2.45) is 17.8 Å². The first-order chi connectivity index (χ1) is 6.52. The Morgan fingerprint density at radius 1 is 0.786 bits per heavy atom. The molecule has 0 fully saturated rings. The van der Waals surface area contributed by atoms with Gasteiger partial charge in [-0.05, 0) is 37.0 Å². The lowest BCUT2D eigenvalue weighted by Gasteiger charge is -2.12. The summed E-state index contributed by atoms with van der Waals surface area (Å²) in [4.78, 5) is 0. The molecule has 0 heteroatoms. The maximum atomic E-state index is 2.49. The zero-order valence-electron chi connectivity index (χ0n) is 10.8. The van der Waals surface area contributed by atoms with Crippen LogP contribution in [-0.4, -0.2) is 0 Å². The molecule has 0 aromatic rings. The van der Waals surface area contributed by atoms with Gasteiger partial charge in [-0.15, -0.1) is 0 Å². The van der Waals surface area contributed by atoms with Crippen LogP contribution < -0.4 is 0 Å². The van der Waals surface area contributed by atoms with E-state index >= 15 is 0 Å². The van der Waals surface area contributed by atoms with Crippen LogP contribution in [0.3, 0.4) is 0 Å². The Labute approximate surface area is 91.5 Å². The second-order valence-electron chi connectivity index (χ2n) is 5.57. The average molecular weight is 197 g/mol. The second-order valence-corrected chi connectivity index (χ2v) is 5.57. The van der Waals surface area contributed by atoms with Crippen LogP contribution in [0, 0.1) is 24.2 Å². The standard InChI is InChI=1S/C14H29/c1-12(2)8-6-7-9-14(5)11-10-13(3)4/h7,12-14H,6,8-11H2,1-5H3. The molecule has 0 saturated carbocycles. The number of unbranched alkanes of at least 4 members (excludes halogenated alkanes) is 1. The minimum Gasteiger partial charge on any atom is -0.0628 e. The highest BCUT2D eigenvalue weighted by atomic mass is 14.1. The van der Waals surface area contributed by atoms with Crippen molar-refractivity contribution >= 4 is 0 Å². The van der Waals surface area contributed by atoms with Gasteiger partial charge in [-0.3, -0.25) is 0 Å². The fourth-order valence-corrected chi connectivity index (χ4v) is 1.59. The molecule has 0 rings (SSSR count). The lowest BCUT2D eigenvalue weighted by Crippen LogP contribution is -1.99. The highest BCUT2D eigenvalue weighted by molar-refractivity contribution is 4.69. The van der Waals surface area contributed by atoms with Crippen LogP contribution in [0.1, 0.15) is 66.7 Å². The molecular weight excluding hydrogens is 168 g/mol. The van der Waals surface area contributed by atoms with Crippen LogP contribution in [0.4, 0.5) is 0 Å². The number of rotatable bonds is 8. The zero-order chi connectivity index (χ0) is 11.0. The van der Waals surface area contributed by atoms with E-state index in [9.17, 15) is 0 Å². The molecule has 0 aliphatic rings. The van der Waals surface area contributed by atoms with Gasteiger partial charge in [0.25, 0.3) is 0 Å². The van der Waals surface area contributed by atoms with Crippen molar-refractivity contribution in [2.45, 2.75) is 66.7 Å². The smallest absolute Gasteiger partial charge is 0.0383 e. The first kappa shape index (κ1) is 14.0. The lowest BCUT2D eigenvalue weighted by molar-refractivity contribution is 0.438. The van der Waals surface area contributed by atoms with Crippen LogP contribution in [0.2, 0.25) is 0 Å². The van der Waals surface area contributed by atoms with Crippen molar-refractivity contribution in [3.8, 4) is 0 Å². The molecule has 1 radical (unpaired) electrons. The van der Waals surface area contributed by atoms with Gasteiger partial charge in [-0.1, -0.05) is 53.9 Å². The Balaban J connectivity index is 3.22. The van der Waals surface area contributed by atoms with Crippen LogP contribution in [0.15, 0.2) is 0 Å². The maximum Gasteiger partial charge on any atom is -0.0383 e. The molecule has 0 N–H and O–H groups in total. The van der Waals surface area contributed by atoms with Crippen molar-refractivity contribution in [3.63, 3.8) is 0 Å². The summed E-state index contributed by atoms with van der Waals surface area (Å²) in [7, 11) is 0. The van der Waals surface area contributed by atoms with Crippen molar-refractivity contribution in [1.29, 1.82) is 0 Å². The van der Waals surface area contributed by atoms with Gasteiger partial charge >= 0.3 is 0 Å². The van der Waals surface area contributed by atoms with E-state index in [0.29, 0.717) is 0 Å². The van der Waals surface area contributed by atoms with E-state index in [1.807, 2.05) is 0 Å². The van der Waals surface area contributed by atoms with E-state index in [-0.39, 0.29) is 0 Å². The molecule has 0 nitrogen and oxygen atoms in total. The van der Waals surface area contributed by atoms with Gasteiger partial charge < -0.3 is 0 Å². The van der Waals surface area contributed by atoms with Gasteiger partial charge in [0.2, 0.25) is 0 Å².